The second-order valence-electron chi connectivity index (χ2n) is 18.9. The molecule has 56 heavy (non-hydrogen) atoms. The fourth-order valence-electron chi connectivity index (χ4n) is 11.0. The molecular formula is C55H51N. The quantitative estimate of drug-likeness (QED) is 0.175. The Balaban J connectivity index is 1.42. The summed E-state index contributed by atoms with van der Waals surface area (Å²) < 4.78 is 0. The third kappa shape index (κ3) is 4.61. The Labute approximate surface area is 333 Å². The predicted molar refractivity (Wildman–Crippen MR) is 238 cm³/mol. The van der Waals surface area contributed by atoms with E-state index in [1.807, 2.05) is 0 Å². The van der Waals surface area contributed by atoms with E-state index in [4.69, 9.17) is 0 Å². The molecule has 10 rings (SSSR count). The number of hydrogen-bond donors (Lipinski definition) is 0. The van der Waals surface area contributed by atoms with Gasteiger partial charge in [0.2, 0.25) is 0 Å². The molecule has 0 amide bonds. The number of para-hydroxylation sites is 1. The normalized spacial score (nSPS) is 16.0. The molecule has 0 saturated carbocycles. The van der Waals surface area contributed by atoms with Crippen LogP contribution in [0.2, 0.25) is 0 Å². The summed E-state index contributed by atoms with van der Waals surface area (Å²) in [6.07, 6.45) is 0. The summed E-state index contributed by atoms with van der Waals surface area (Å²) in [5, 5.41) is 0. The van der Waals surface area contributed by atoms with Crippen LogP contribution < -0.4 is 4.90 Å². The van der Waals surface area contributed by atoms with Crippen molar-refractivity contribution < 1.29 is 0 Å². The predicted octanol–water partition coefficient (Wildman–Crippen LogP) is 15.0. The van der Waals surface area contributed by atoms with E-state index in [0.29, 0.717) is 0 Å². The smallest absolute Gasteiger partial charge is 0.0556 e. The van der Waals surface area contributed by atoms with Gasteiger partial charge in [0, 0.05) is 27.5 Å². The maximum absolute atomic E-state index is 2.68. The minimum Gasteiger partial charge on any atom is -0.309 e. The highest BCUT2D eigenvalue weighted by molar-refractivity contribution is 6.04. The zero-order valence-corrected chi connectivity index (χ0v) is 34.3. The summed E-state index contributed by atoms with van der Waals surface area (Å²) >= 11 is 0. The maximum Gasteiger partial charge on any atom is 0.0556 e. The van der Waals surface area contributed by atoms with Crippen LogP contribution in [0, 0.1) is 0 Å². The Morgan fingerprint density at radius 1 is 0.411 bits per heavy atom. The fourth-order valence-corrected chi connectivity index (χ4v) is 11.0. The molecule has 0 N–H and O–H groups in total. The maximum atomic E-state index is 2.68. The molecule has 0 unspecified atom stereocenters. The number of anilines is 3. The lowest BCUT2D eigenvalue weighted by Crippen LogP contribution is -2.28. The van der Waals surface area contributed by atoms with E-state index in [1.165, 1.54) is 101 Å². The van der Waals surface area contributed by atoms with Gasteiger partial charge in [0.25, 0.3) is 0 Å². The molecule has 0 fully saturated rings. The number of rotatable bonds is 4. The summed E-state index contributed by atoms with van der Waals surface area (Å²) in [7, 11) is 0. The van der Waals surface area contributed by atoms with Crippen LogP contribution in [0.25, 0.3) is 44.5 Å². The van der Waals surface area contributed by atoms with Crippen LogP contribution in [0.4, 0.5) is 17.1 Å². The van der Waals surface area contributed by atoms with Crippen molar-refractivity contribution in [3.8, 4) is 44.5 Å². The van der Waals surface area contributed by atoms with Crippen LogP contribution in [-0.4, -0.2) is 0 Å². The highest BCUT2D eigenvalue weighted by Crippen LogP contribution is 2.66. The van der Waals surface area contributed by atoms with E-state index < -0.39 is 0 Å². The third-order valence-corrected chi connectivity index (χ3v) is 13.5. The van der Waals surface area contributed by atoms with Gasteiger partial charge in [-0.05, 0) is 102 Å². The molecular weight excluding hydrogens is 675 g/mol. The Morgan fingerprint density at radius 3 is 1.41 bits per heavy atom. The van der Waals surface area contributed by atoms with Gasteiger partial charge in [-0.3, -0.25) is 0 Å². The molecule has 0 spiro atoms. The first-order chi connectivity index (χ1) is 26.7. The molecule has 0 aliphatic heterocycles. The van der Waals surface area contributed by atoms with Gasteiger partial charge in [0.1, 0.15) is 0 Å². The molecule has 0 atom stereocenters. The first-order valence-corrected chi connectivity index (χ1v) is 20.4. The van der Waals surface area contributed by atoms with Crippen molar-refractivity contribution in [2.45, 2.75) is 84.0 Å². The van der Waals surface area contributed by atoms with Gasteiger partial charge < -0.3 is 4.90 Å². The van der Waals surface area contributed by atoms with Crippen molar-refractivity contribution in [2.75, 3.05) is 4.90 Å². The van der Waals surface area contributed by atoms with Crippen LogP contribution >= 0.6 is 0 Å². The van der Waals surface area contributed by atoms with Gasteiger partial charge in [-0.1, -0.05) is 190 Å². The Bertz CT molecular complexity index is 2670. The van der Waals surface area contributed by atoms with Crippen LogP contribution in [0.5, 0.6) is 0 Å². The first kappa shape index (κ1) is 34.8. The lowest BCUT2D eigenvalue weighted by Gasteiger charge is -2.40. The standard InChI is InChI=1S/C55H51N/c1-52(2,3)48-46-38-25-14-18-28-42(38)54(6,7)49(46)51(50-47(48)39-26-15-19-29-43(39)55(50,8)9)56(45-30-20-16-23-36(45)34-21-11-10-12-22-34)35-31-32-44-40(33-35)37-24-13-17-27-41(37)53(44,4)5/h10-33H,1-9H3. The second-order valence-corrected chi connectivity index (χ2v) is 18.9. The molecule has 1 nitrogen and oxygen atoms in total. The fraction of sp³-hybridized carbons (Fsp3) is 0.236. The molecule has 0 aromatic heterocycles. The van der Waals surface area contributed by atoms with Crippen molar-refractivity contribution >= 4 is 17.1 Å². The molecule has 3 aliphatic rings. The van der Waals surface area contributed by atoms with E-state index in [9.17, 15) is 0 Å². The molecule has 0 saturated heterocycles. The summed E-state index contributed by atoms with van der Waals surface area (Å²) in [5.41, 5.74) is 23.5. The van der Waals surface area contributed by atoms with Crippen LogP contribution in [-0.2, 0) is 21.7 Å². The molecule has 3 aliphatic carbocycles. The number of nitrogens with zero attached hydrogens (tertiary/aromatic N) is 1. The zero-order valence-electron chi connectivity index (χ0n) is 34.3. The van der Waals surface area contributed by atoms with Gasteiger partial charge >= 0.3 is 0 Å². The van der Waals surface area contributed by atoms with Crippen molar-refractivity contribution in [1.29, 1.82) is 0 Å². The van der Waals surface area contributed by atoms with Crippen molar-refractivity contribution in [3.05, 3.63) is 185 Å². The largest absolute Gasteiger partial charge is 0.309 e. The van der Waals surface area contributed by atoms with Crippen LogP contribution in [0.3, 0.4) is 0 Å². The molecule has 0 bridgehead atoms. The lowest BCUT2D eigenvalue weighted by atomic mass is 9.70. The summed E-state index contributed by atoms with van der Waals surface area (Å²) in [4.78, 5) is 2.68. The van der Waals surface area contributed by atoms with E-state index in [1.54, 1.807) is 0 Å². The van der Waals surface area contributed by atoms with Crippen LogP contribution in [0.15, 0.2) is 146 Å². The SMILES string of the molecule is CC(C)(C)c1c2c(c(N(c3ccc4c(c3)-c3ccccc3C4(C)C)c3ccccc3-c3ccccc3)c3c1-c1ccccc1C3(C)C)C(C)(C)c1ccccc1-2. The molecule has 276 valence electrons. The average Bonchev–Trinajstić information content (AvgIpc) is 3.68. The van der Waals surface area contributed by atoms with Crippen molar-refractivity contribution in [1.82, 2.24) is 0 Å². The van der Waals surface area contributed by atoms with E-state index >= 15 is 0 Å². The van der Waals surface area contributed by atoms with E-state index in [0.717, 1.165) is 0 Å². The van der Waals surface area contributed by atoms with E-state index in [-0.39, 0.29) is 21.7 Å². The number of fused-ring (bicyclic) bond motifs is 9. The topological polar surface area (TPSA) is 3.24 Å². The Kier molecular flexibility index (Phi) is 7.26. The Morgan fingerprint density at radius 2 is 0.857 bits per heavy atom. The molecule has 0 radical (unpaired) electrons. The average molecular weight is 726 g/mol. The van der Waals surface area contributed by atoms with Gasteiger partial charge in [0.15, 0.2) is 0 Å². The van der Waals surface area contributed by atoms with E-state index in [2.05, 4.69) is 213 Å². The van der Waals surface area contributed by atoms with Crippen LogP contribution in [0.1, 0.15) is 101 Å². The molecule has 7 aromatic rings. The lowest BCUT2D eigenvalue weighted by molar-refractivity contribution is 0.587. The molecule has 7 aromatic carbocycles. The molecule has 1 heteroatoms. The number of benzene rings is 7. The minimum atomic E-state index is -0.271. The Hall–Kier alpha value is -5.66. The van der Waals surface area contributed by atoms with Gasteiger partial charge in [-0.2, -0.15) is 0 Å². The van der Waals surface area contributed by atoms with Gasteiger partial charge in [-0.25, -0.2) is 0 Å². The van der Waals surface area contributed by atoms with Gasteiger partial charge in [0.05, 0.1) is 11.4 Å². The van der Waals surface area contributed by atoms with Crippen molar-refractivity contribution in [3.63, 3.8) is 0 Å². The summed E-state index contributed by atoms with van der Waals surface area (Å²) in [6, 6.07) is 54.9. The zero-order chi connectivity index (χ0) is 38.9. The van der Waals surface area contributed by atoms with Gasteiger partial charge in [-0.15, -0.1) is 0 Å². The monoisotopic (exact) mass is 725 g/mol. The highest BCUT2D eigenvalue weighted by Gasteiger charge is 2.50. The summed E-state index contributed by atoms with van der Waals surface area (Å²) in [6.45, 7) is 21.9. The summed E-state index contributed by atoms with van der Waals surface area (Å²) in [5.74, 6) is 0. The molecule has 0 heterocycles. The minimum absolute atomic E-state index is 0.0820. The highest BCUT2D eigenvalue weighted by atomic mass is 15.2. The first-order valence-electron chi connectivity index (χ1n) is 20.4. The van der Waals surface area contributed by atoms with Crippen molar-refractivity contribution in [2.24, 2.45) is 0 Å². The number of hydrogen-bond acceptors (Lipinski definition) is 1. The second kappa shape index (κ2) is 11.7. The third-order valence-electron chi connectivity index (χ3n) is 13.5.